The molecule has 1 nitrogen and oxygen atoms in total. The maximum Gasteiger partial charge on any atom is 0.143 e. The fourth-order valence-corrected chi connectivity index (χ4v) is 3.46. The molecule has 1 heterocycles. The SMILES string of the molecule is CC(=O)C1CCSS1. The van der Waals surface area contributed by atoms with Crippen LogP contribution < -0.4 is 0 Å². The highest BCUT2D eigenvalue weighted by atomic mass is 33.1. The molecule has 46 valence electrons. The Morgan fingerprint density at radius 1 is 1.75 bits per heavy atom. The Morgan fingerprint density at radius 3 is 2.75 bits per heavy atom. The Kier molecular flexibility index (Phi) is 2.26. The van der Waals surface area contributed by atoms with Crippen molar-refractivity contribution in [2.75, 3.05) is 5.75 Å². The molecule has 1 aliphatic rings. The molecule has 1 saturated heterocycles. The van der Waals surface area contributed by atoms with Gasteiger partial charge >= 0.3 is 0 Å². The van der Waals surface area contributed by atoms with Gasteiger partial charge in [-0.2, -0.15) is 0 Å². The molecular weight excluding hydrogens is 140 g/mol. The van der Waals surface area contributed by atoms with E-state index in [4.69, 9.17) is 0 Å². The normalized spacial score (nSPS) is 28.4. The van der Waals surface area contributed by atoms with E-state index < -0.39 is 0 Å². The van der Waals surface area contributed by atoms with Gasteiger partial charge in [0.15, 0.2) is 0 Å². The lowest BCUT2D eigenvalue weighted by atomic mass is 10.2. The summed E-state index contributed by atoms with van der Waals surface area (Å²) in [4.78, 5) is 10.6. The number of Topliss-reactive ketones (excluding diaryl/α,β-unsaturated/α-hetero) is 1. The van der Waals surface area contributed by atoms with Crippen molar-refractivity contribution in [1.82, 2.24) is 0 Å². The quantitative estimate of drug-likeness (QED) is 0.527. The van der Waals surface area contributed by atoms with Gasteiger partial charge in [0.2, 0.25) is 0 Å². The summed E-state index contributed by atoms with van der Waals surface area (Å²) in [5.41, 5.74) is 0. The Balaban J connectivity index is 2.35. The average molecular weight is 148 g/mol. The van der Waals surface area contributed by atoms with Gasteiger partial charge in [-0.05, 0) is 13.3 Å². The van der Waals surface area contributed by atoms with Crippen LogP contribution in [0.4, 0.5) is 0 Å². The van der Waals surface area contributed by atoms with E-state index >= 15 is 0 Å². The maximum atomic E-state index is 10.6. The van der Waals surface area contributed by atoms with E-state index in [1.807, 2.05) is 0 Å². The Morgan fingerprint density at radius 2 is 2.50 bits per heavy atom. The largest absolute Gasteiger partial charge is 0.299 e. The summed E-state index contributed by atoms with van der Waals surface area (Å²) in [5, 5.41) is 0.306. The molecule has 3 heteroatoms. The summed E-state index contributed by atoms with van der Waals surface area (Å²) in [6, 6.07) is 0. The van der Waals surface area contributed by atoms with Crippen molar-refractivity contribution >= 4 is 27.4 Å². The zero-order chi connectivity index (χ0) is 5.98. The lowest BCUT2D eigenvalue weighted by molar-refractivity contribution is -0.116. The number of carbonyl (C=O) groups is 1. The minimum absolute atomic E-state index is 0.306. The number of ketones is 1. The van der Waals surface area contributed by atoms with Crippen LogP contribution in [0.1, 0.15) is 13.3 Å². The maximum absolute atomic E-state index is 10.6. The number of carbonyl (C=O) groups excluding carboxylic acids is 1. The molecule has 0 aromatic carbocycles. The highest BCUT2D eigenvalue weighted by Gasteiger charge is 2.19. The predicted molar refractivity (Wildman–Crippen MR) is 39.1 cm³/mol. The lowest BCUT2D eigenvalue weighted by Gasteiger charge is -1.97. The predicted octanol–water partition coefficient (Wildman–Crippen LogP) is 1.73. The van der Waals surface area contributed by atoms with Crippen LogP contribution in [0.2, 0.25) is 0 Å². The second kappa shape index (κ2) is 2.78. The lowest BCUT2D eigenvalue weighted by Crippen LogP contribution is -2.08. The van der Waals surface area contributed by atoms with Crippen LogP contribution in [0.15, 0.2) is 0 Å². The minimum atomic E-state index is 0.306. The summed E-state index contributed by atoms with van der Waals surface area (Å²) in [7, 11) is 3.52. The van der Waals surface area contributed by atoms with Gasteiger partial charge in [-0.1, -0.05) is 21.6 Å². The van der Waals surface area contributed by atoms with Crippen LogP contribution in [0.25, 0.3) is 0 Å². The molecule has 0 aromatic heterocycles. The molecule has 0 aliphatic carbocycles. The molecule has 0 spiro atoms. The first-order chi connectivity index (χ1) is 3.80. The number of rotatable bonds is 1. The van der Waals surface area contributed by atoms with Gasteiger partial charge in [0.05, 0.1) is 5.25 Å². The molecule has 1 fully saturated rings. The Labute approximate surface area is 57.0 Å². The summed E-state index contributed by atoms with van der Waals surface area (Å²) in [6.07, 6.45) is 1.07. The van der Waals surface area contributed by atoms with Crippen LogP contribution in [0.3, 0.4) is 0 Å². The topological polar surface area (TPSA) is 17.1 Å². The average Bonchev–Trinajstić information content (AvgIpc) is 2.12. The fourth-order valence-electron chi connectivity index (χ4n) is 0.605. The van der Waals surface area contributed by atoms with Gasteiger partial charge in [-0.25, -0.2) is 0 Å². The minimum Gasteiger partial charge on any atom is -0.299 e. The van der Waals surface area contributed by atoms with Crippen molar-refractivity contribution < 1.29 is 4.79 Å². The van der Waals surface area contributed by atoms with E-state index in [9.17, 15) is 4.79 Å². The van der Waals surface area contributed by atoms with Crippen molar-refractivity contribution in [3.63, 3.8) is 0 Å². The molecule has 0 saturated carbocycles. The molecular formula is C5H8OS2. The standard InChI is InChI=1S/C5H8OS2/c1-4(6)5-2-3-7-8-5/h5H,2-3H2,1H3. The summed E-state index contributed by atoms with van der Waals surface area (Å²) in [6.45, 7) is 1.67. The molecule has 0 aromatic rings. The highest BCUT2D eigenvalue weighted by Crippen LogP contribution is 2.37. The summed E-state index contributed by atoms with van der Waals surface area (Å²) in [5.74, 6) is 1.48. The van der Waals surface area contributed by atoms with E-state index in [1.165, 1.54) is 0 Å². The molecule has 1 unspecified atom stereocenters. The molecule has 0 amide bonds. The third kappa shape index (κ3) is 1.42. The van der Waals surface area contributed by atoms with Gasteiger partial charge in [-0.15, -0.1) is 0 Å². The van der Waals surface area contributed by atoms with E-state index in [2.05, 4.69) is 0 Å². The molecule has 1 atom stereocenters. The second-order valence-electron chi connectivity index (χ2n) is 1.81. The van der Waals surface area contributed by atoms with E-state index in [0.29, 0.717) is 11.0 Å². The Hall–Kier alpha value is 0.370. The van der Waals surface area contributed by atoms with Gasteiger partial charge < -0.3 is 0 Å². The van der Waals surface area contributed by atoms with Crippen molar-refractivity contribution in [1.29, 1.82) is 0 Å². The van der Waals surface area contributed by atoms with Gasteiger partial charge in [0.1, 0.15) is 5.78 Å². The van der Waals surface area contributed by atoms with Crippen molar-refractivity contribution in [3.8, 4) is 0 Å². The zero-order valence-electron chi connectivity index (χ0n) is 4.72. The Bertz CT molecular complexity index is 96.6. The van der Waals surface area contributed by atoms with Crippen molar-refractivity contribution in [2.24, 2.45) is 0 Å². The second-order valence-corrected chi connectivity index (χ2v) is 4.50. The highest BCUT2D eigenvalue weighted by molar-refractivity contribution is 8.77. The molecule has 0 N–H and O–H groups in total. The van der Waals surface area contributed by atoms with E-state index in [0.717, 1.165) is 12.2 Å². The van der Waals surface area contributed by atoms with Crippen LogP contribution >= 0.6 is 21.6 Å². The molecule has 1 aliphatic heterocycles. The van der Waals surface area contributed by atoms with E-state index in [1.54, 1.807) is 28.5 Å². The van der Waals surface area contributed by atoms with Crippen molar-refractivity contribution in [3.05, 3.63) is 0 Å². The smallest absolute Gasteiger partial charge is 0.143 e. The molecule has 0 bridgehead atoms. The zero-order valence-corrected chi connectivity index (χ0v) is 6.35. The first kappa shape index (κ1) is 6.49. The van der Waals surface area contributed by atoms with Crippen LogP contribution in [-0.2, 0) is 4.79 Å². The summed E-state index contributed by atoms with van der Waals surface area (Å²) >= 11 is 0. The number of hydrogen-bond donors (Lipinski definition) is 0. The van der Waals surface area contributed by atoms with Crippen LogP contribution in [0.5, 0.6) is 0 Å². The molecule has 8 heavy (non-hydrogen) atoms. The third-order valence-electron chi connectivity index (χ3n) is 1.10. The summed E-state index contributed by atoms with van der Waals surface area (Å²) < 4.78 is 0. The van der Waals surface area contributed by atoms with Gasteiger partial charge in [-0.3, -0.25) is 4.79 Å². The first-order valence-electron chi connectivity index (χ1n) is 2.59. The molecule has 1 rings (SSSR count). The van der Waals surface area contributed by atoms with E-state index in [-0.39, 0.29) is 0 Å². The fraction of sp³-hybridized carbons (Fsp3) is 0.800. The van der Waals surface area contributed by atoms with Gasteiger partial charge in [0, 0.05) is 5.75 Å². The van der Waals surface area contributed by atoms with Gasteiger partial charge in [0.25, 0.3) is 0 Å². The first-order valence-corrected chi connectivity index (χ1v) is 4.97. The van der Waals surface area contributed by atoms with Crippen molar-refractivity contribution in [2.45, 2.75) is 18.6 Å². The third-order valence-corrected chi connectivity index (χ3v) is 4.04. The van der Waals surface area contributed by atoms with Crippen LogP contribution in [-0.4, -0.2) is 16.8 Å². The monoisotopic (exact) mass is 148 g/mol. The van der Waals surface area contributed by atoms with Crippen LogP contribution in [0, 0.1) is 0 Å². The molecule has 0 radical (unpaired) electrons. The number of hydrogen-bond acceptors (Lipinski definition) is 3.